The van der Waals surface area contributed by atoms with Crippen LogP contribution in [0.15, 0.2) is 54.8 Å². The van der Waals surface area contributed by atoms with Gasteiger partial charge in [0.15, 0.2) is 0 Å². The van der Waals surface area contributed by atoms with E-state index in [1.165, 1.54) is 0 Å². The van der Waals surface area contributed by atoms with Crippen LogP contribution in [-0.2, 0) is 11.3 Å². The van der Waals surface area contributed by atoms with Crippen LogP contribution in [0.5, 0.6) is 0 Å². The van der Waals surface area contributed by atoms with E-state index in [1.807, 2.05) is 37.3 Å². The Kier molecular flexibility index (Phi) is 3.32. The fourth-order valence-corrected chi connectivity index (χ4v) is 0.868. The van der Waals surface area contributed by atoms with Gasteiger partial charge in [-0.25, -0.2) is 0 Å². The average Bonchev–Trinajstić information content (AvgIpc) is 2.15. The van der Waals surface area contributed by atoms with Crippen molar-refractivity contribution in [1.82, 2.24) is 0 Å². The van der Waals surface area contributed by atoms with Crippen molar-refractivity contribution < 1.29 is 4.74 Å². The SMILES string of the molecule is C=C(C)C(=C)OCc1ccccc1. The first-order valence-corrected chi connectivity index (χ1v) is 4.21. The number of rotatable bonds is 4. The normalized spacial score (nSPS) is 9.31. The van der Waals surface area contributed by atoms with E-state index in [4.69, 9.17) is 4.74 Å². The van der Waals surface area contributed by atoms with Gasteiger partial charge in [0, 0.05) is 0 Å². The molecule has 0 aliphatic rings. The molecule has 0 N–H and O–H groups in total. The number of hydrogen-bond acceptors (Lipinski definition) is 1. The van der Waals surface area contributed by atoms with Gasteiger partial charge in [-0.2, -0.15) is 0 Å². The molecule has 0 aliphatic carbocycles. The number of hydrogen-bond donors (Lipinski definition) is 0. The second-order valence-corrected chi connectivity index (χ2v) is 2.98. The minimum atomic E-state index is 0.562. The van der Waals surface area contributed by atoms with Crippen LogP contribution in [0, 0.1) is 0 Å². The lowest BCUT2D eigenvalue weighted by molar-refractivity contribution is 0.208. The predicted molar refractivity (Wildman–Crippen MR) is 55.2 cm³/mol. The van der Waals surface area contributed by atoms with Crippen molar-refractivity contribution in [2.24, 2.45) is 0 Å². The zero-order chi connectivity index (χ0) is 9.68. The van der Waals surface area contributed by atoms with Gasteiger partial charge >= 0.3 is 0 Å². The average molecular weight is 174 g/mol. The molecule has 1 rings (SSSR count). The van der Waals surface area contributed by atoms with Crippen LogP contribution >= 0.6 is 0 Å². The summed E-state index contributed by atoms with van der Waals surface area (Å²) in [6.07, 6.45) is 0. The summed E-state index contributed by atoms with van der Waals surface area (Å²) in [4.78, 5) is 0. The molecule has 0 aliphatic heterocycles. The molecule has 68 valence electrons. The van der Waals surface area contributed by atoms with E-state index in [9.17, 15) is 0 Å². The molecule has 0 saturated heterocycles. The fourth-order valence-electron chi connectivity index (χ4n) is 0.868. The Labute approximate surface area is 79.4 Å². The molecule has 1 aromatic rings. The highest BCUT2D eigenvalue weighted by Crippen LogP contribution is 2.09. The Morgan fingerprint density at radius 3 is 2.38 bits per heavy atom. The molecular weight excluding hydrogens is 160 g/mol. The van der Waals surface area contributed by atoms with E-state index in [0.717, 1.165) is 11.1 Å². The van der Waals surface area contributed by atoms with Crippen LogP contribution in [0.1, 0.15) is 12.5 Å². The van der Waals surface area contributed by atoms with Crippen LogP contribution in [0.4, 0.5) is 0 Å². The van der Waals surface area contributed by atoms with Crippen molar-refractivity contribution in [2.45, 2.75) is 13.5 Å². The van der Waals surface area contributed by atoms with Gasteiger partial charge in [0.2, 0.25) is 0 Å². The summed E-state index contributed by atoms with van der Waals surface area (Å²) >= 11 is 0. The first kappa shape index (κ1) is 9.59. The molecule has 0 amide bonds. The summed E-state index contributed by atoms with van der Waals surface area (Å²) < 4.78 is 5.40. The number of benzene rings is 1. The molecule has 0 fully saturated rings. The summed E-state index contributed by atoms with van der Waals surface area (Å²) in [6, 6.07) is 10.00. The first-order valence-electron chi connectivity index (χ1n) is 4.21. The van der Waals surface area contributed by atoms with Crippen LogP contribution in [0.3, 0.4) is 0 Å². The summed E-state index contributed by atoms with van der Waals surface area (Å²) in [5.74, 6) is 0.656. The zero-order valence-electron chi connectivity index (χ0n) is 7.92. The van der Waals surface area contributed by atoms with Crippen molar-refractivity contribution in [3.05, 3.63) is 60.4 Å². The molecule has 0 saturated carbocycles. The molecular formula is C12H14O. The van der Waals surface area contributed by atoms with Crippen LogP contribution in [-0.4, -0.2) is 0 Å². The minimum Gasteiger partial charge on any atom is -0.489 e. The van der Waals surface area contributed by atoms with E-state index < -0.39 is 0 Å². The van der Waals surface area contributed by atoms with E-state index >= 15 is 0 Å². The molecule has 1 aromatic carbocycles. The van der Waals surface area contributed by atoms with Crippen LogP contribution in [0.25, 0.3) is 0 Å². The summed E-state index contributed by atoms with van der Waals surface area (Å²) in [7, 11) is 0. The summed E-state index contributed by atoms with van der Waals surface area (Å²) in [6.45, 7) is 9.93. The van der Waals surface area contributed by atoms with Gasteiger partial charge in [-0.1, -0.05) is 43.5 Å². The lowest BCUT2D eigenvalue weighted by Gasteiger charge is -2.07. The lowest BCUT2D eigenvalue weighted by atomic mass is 10.2. The number of allylic oxidation sites excluding steroid dienone is 1. The molecule has 0 heterocycles. The lowest BCUT2D eigenvalue weighted by Crippen LogP contribution is -1.92. The molecule has 0 spiro atoms. The van der Waals surface area contributed by atoms with Gasteiger partial charge in [0.1, 0.15) is 12.4 Å². The Bertz CT molecular complexity index is 298. The first-order chi connectivity index (χ1) is 6.20. The standard InChI is InChI=1S/C12H14O/c1-10(2)11(3)13-9-12-7-5-4-6-8-12/h4-8H,1,3,9H2,2H3. The second kappa shape index (κ2) is 4.51. The van der Waals surface area contributed by atoms with E-state index in [-0.39, 0.29) is 0 Å². The van der Waals surface area contributed by atoms with Crippen molar-refractivity contribution in [2.75, 3.05) is 0 Å². The molecule has 0 aromatic heterocycles. The van der Waals surface area contributed by atoms with Gasteiger partial charge in [0.05, 0.1) is 0 Å². The van der Waals surface area contributed by atoms with Crippen molar-refractivity contribution in [3.63, 3.8) is 0 Å². The van der Waals surface area contributed by atoms with Crippen molar-refractivity contribution in [1.29, 1.82) is 0 Å². The van der Waals surface area contributed by atoms with Crippen molar-refractivity contribution in [3.8, 4) is 0 Å². The molecule has 13 heavy (non-hydrogen) atoms. The van der Waals surface area contributed by atoms with Gasteiger partial charge in [0.25, 0.3) is 0 Å². The van der Waals surface area contributed by atoms with Crippen LogP contribution < -0.4 is 0 Å². The van der Waals surface area contributed by atoms with Gasteiger partial charge < -0.3 is 4.74 Å². The highest BCUT2D eigenvalue weighted by atomic mass is 16.5. The largest absolute Gasteiger partial charge is 0.489 e. The molecule has 0 radical (unpaired) electrons. The minimum absolute atomic E-state index is 0.562. The van der Waals surface area contributed by atoms with E-state index in [1.54, 1.807) is 0 Å². The number of ether oxygens (including phenoxy) is 1. The third kappa shape index (κ3) is 3.16. The summed E-state index contributed by atoms with van der Waals surface area (Å²) in [5.41, 5.74) is 2.01. The van der Waals surface area contributed by atoms with E-state index in [2.05, 4.69) is 13.2 Å². The Morgan fingerprint density at radius 1 is 1.23 bits per heavy atom. The Balaban J connectivity index is 2.44. The van der Waals surface area contributed by atoms with Crippen LogP contribution in [0.2, 0.25) is 0 Å². The zero-order valence-corrected chi connectivity index (χ0v) is 7.92. The molecule has 1 nitrogen and oxygen atoms in total. The van der Waals surface area contributed by atoms with Gasteiger partial charge in [-0.15, -0.1) is 0 Å². The Morgan fingerprint density at radius 2 is 1.85 bits per heavy atom. The third-order valence-corrected chi connectivity index (χ3v) is 1.73. The smallest absolute Gasteiger partial charge is 0.114 e. The van der Waals surface area contributed by atoms with Gasteiger partial charge in [-0.05, 0) is 18.1 Å². The van der Waals surface area contributed by atoms with Gasteiger partial charge in [-0.3, -0.25) is 0 Å². The second-order valence-electron chi connectivity index (χ2n) is 2.98. The maximum absolute atomic E-state index is 5.40. The molecule has 0 atom stereocenters. The monoisotopic (exact) mass is 174 g/mol. The van der Waals surface area contributed by atoms with Crippen molar-refractivity contribution >= 4 is 0 Å². The molecule has 0 unspecified atom stereocenters. The van der Waals surface area contributed by atoms with E-state index in [0.29, 0.717) is 12.4 Å². The topological polar surface area (TPSA) is 9.23 Å². The highest BCUT2D eigenvalue weighted by Gasteiger charge is 1.95. The quantitative estimate of drug-likeness (QED) is 0.502. The summed E-state index contributed by atoms with van der Waals surface area (Å²) in [5, 5.41) is 0. The maximum atomic E-state index is 5.40. The Hall–Kier alpha value is -1.50. The fraction of sp³-hybridized carbons (Fsp3) is 0.167. The highest BCUT2D eigenvalue weighted by molar-refractivity contribution is 5.18. The maximum Gasteiger partial charge on any atom is 0.114 e. The molecule has 0 bridgehead atoms. The predicted octanol–water partition coefficient (Wildman–Crippen LogP) is 3.29. The third-order valence-electron chi connectivity index (χ3n) is 1.73. The molecule has 1 heteroatoms.